The second kappa shape index (κ2) is 8.05. The molecule has 2 fully saturated rings. The molecule has 2 nitrogen and oxygen atoms in total. The Hall–Kier alpha value is -0.530. The summed E-state index contributed by atoms with van der Waals surface area (Å²) in [6, 6.07) is 0. The fraction of sp³-hybridized carbons (Fsp3) is 0.944. The molecular weight excluding hydrogens is 248 g/mol. The van der Waals surface area contributed by atoms with Crippen LogP contribution in [0.2, 0.25) is 0 Å². The van der Waals surface area contributed by atoms with Crippen LogP contribution in [0.25, 0.3) is 0 Å². The maximum absolute atomic E-state index is 10.8. The van der Waals surface area contributed by atoms with E-state index in [1.165, 1.54) is 57.8 Å². The van der Waals surface area contributed by atoms with Gasteiger partial charge in [-0.3, -0.25) is 4.79 Å². The van der Waals surface area contributed by atoms with E-state index in [2.05, 4.69) is 6.92 Å². The van der Waals surface area contributed by atoms with E-state index >= 15 is 0 Å². The molecule has 2 aliphatic rings. The lowest BCUT2D eigenvalue weighted by Gasteiger charge is -2.37. The quantitative estimate of drug-likeness (QED) is 0.720. The van der Waals surface area contributed by atoms with Crippen molar-refractivity contribution in [2.75, 3.05) is 0 Å². The normalized spacial score (nSPS) is 34.9. The standard InChI is InChI=1S/C18H32O2/c1-2-3-4-14-5-9-16(10-6-14)17-11-7-15(8-12-17)13-18(19)20/h14-17H,2-13H2,1H3,(H,19,20)/t14-,15?,16-,17?. The number of rotatable bonds is 6. The Morgan fingerprint density at radius 3 is 1.85 bits per heavy atom. The molecule has 2 rings (SSSR count). The summed E-state index contributed by atoms with van der Waals surface area (Å²) in [7, 11) is 0. The minimum atomic E-state index is -0.607. The first-order valence-electron chi connectivity index (χ1n) is 8.90. The average molecular weight is 280 g/mol. The number of hydrogen-bond donors (Lipinski definition) is 1. The molecule has 0 spiro atoms. The molecule has 116 valence electrons. The highest BCUT2D eigenvalue weighted by molar-refractivity contribution is 5.67. The van der Waals surface area contributed by atoms with Gasteiger partial charge in [-0.15, -0.1) is 0 Å². The summed E-state index contributed by atoms with van der Waals surface area (Å²) in [5, 5.41) is 8.88. The molecule has 0 bridgehead atoms. The van der Waals surface area contributed by atoms with Gasteiger partial charge in [-0.2, -0.15) is 0 Å². The summed E-state index contributed by atoms with van der Waals surface area (Å²) in [4.78, 5) is 10.8. The van der Waals surface area contributed by atoms with Gasteiger partial charge in [0, 0.05) is 6.42 Å². The molecule has 0 aromatic heterocycles. The largest absolute Gasteiger partial charge is 0.481 e. The Morgan fingerprint density at radius 1 is 0.900 bits per heavy atom. The predicted molar refractivity (Wildman–Crippen MR) is 82.7 cm³/mol. The maximum atomic E-state index is 10.8. The molecule has 0 amide bonds. The maximum Gasteiger partial charge on any atom is 0.303 e. The fourth-order valence-electron chi connectivity index (χ4n) is 4.55. The summed E-state index contributed by atoms with van der Waals surface area (Å²) >= 11 is 0. The highest BCUT2D eigenvalue weighted by Gasteiger charge is 2.31. The molecule has 2 saturated carbocycles. The number of aliphatic carboxylic acids is 1. The molecule has 2 aliphatic carbocycles. The number of carbonyl (C=O) groups is 1. The number of hydrogen-bond acceptors (Lipinski definition) is 1. The zero-order valence-corrected chi connectivity index (χ0v) is 13.2. The summed E-state index contributed by atoms with van der Waals surface area (Å²) in [5.41, 5.74) is 0. The summed E-state index contributed by atoms with van der Waals surface area (Å²) < 4.78 is 0. The van der Waals surface area contributed by atoms with E-state index in [-0.39, 0.29) is 0 Å². The van der Waals surface area contributed by atoms with E-state index in [9.17, 15) is 4.79 Å². The van der Waals surface area contributed by atoms with Gasteiger partial charge in [0.25, 0.3) is 0 Å². The highest BCUT2D eigenvalue weighted by atomic mass is 16.4. The third-order valence-electron chi connectivity index (χ3n) is 5.88. The van der Waals surface area contributed by atoms with Gasteiger partial charge in [0.2, 0.25) is 0 Å². The van der Waals surface area contributed by atoms with E-state index in [0.29, 0.717) is 12.3 Å². The Labute approximate surface area is 124 Å². The molecule has 2 heteroatoms. The third kappa shape index (κ3) is 4.79. The monoisotopic (exact) mass is 280 g/mol. The molecule has 0 aromatic rings. The van der Waals surface area contributed by atoms with E-state index in [1.54, 1.807) is 0 Å². The molecule has 1 N–H and O–H groups in total. The van der Waals surface area contributed by atoms with Crippen LogP contribution in [-0.2, 0) is 4.79 Å². The van der Waals surface area contributed by atoms with Crippen molar-refractivity contribution in [1.29, 1.82) is 0 Å². The molecule has 20 heavy (non-hydrogen) atoms. The van der Waals surface area contributed by atoms with Gasteiger partial charge in [-0.25, -0.2) is 0 Å². The Balaban J connectivity index is 1.66. The van der Waals surface area contributed by atoms with Crippen molar-refractivity contribution >= 4 is 5.97 Å². The average Bonchev–Trinajstić information content (AvgIpc) is 2.46. The second-order valence-corrected chi connectivity index (χ2v) is 7.30. The topological polar surface area (TPSA) is 37.3 Å². The molecule has 0 heterocycles. The summed E-state index contributed by atoms with van der Waals surface area (Å²) in [6.07, 6.45) is 15.3. The number of carboxylic acid groups (broad SMARTS) is 1. The van der Waals surface area contributed by atoms with Crippen LogP contribution in [0.4, 0.5) is 0 Å². The Kier molecular flexibility index (Phi) is 6.38. The Morgan fingerprint density at radius 2 is 1.40 bits per heavy atom. The van der Waals surface area contributed by atoms with Gasteiger partial charge in [-0.05, 0) is 62.2 Å². The van der Waals surface area contributed by atoms with E-state index in [4.69, 9.17) is 5.11 Å². The van der Waals surface area contributed by atoms with Crippen molar-refractivity contribution < 1.29 is 9.90 Å². The fourth-order valence-corrected chi connectivity index (χ4v) is 4.55. The molecule has 0 saturated heterocycles. The van der Waals surface area contributed by atoms with E-state index < -0.39 is 5.97 Å². The molecule has 0 radical (unpaired) electrons. The number of unbranched alkanes of at least 4 members (excludes halogenated alkanes) is 1. The third-order valence-corrected chi connectivity index (χ3v) is 5.88. The van der Waals surface area contributed by atoms with Gasteiger partial charge < -0.3 is 5.11 Å². The first-order valence-corrected chi connectivity index (χ1v) is 8.90. The lowest BCUT2D eigenvalue weighted by atomic mass is 9.68. The predicted octanol–water partition coefficient (Wildman–Crippen LogP) is 5.26. The van der Waals surface area contributed by atoms with Crippen LogP contribution >= 0.6 is 0 Å². The van der Waals surface area contributed by atoms with Crippen LogP contribution < -0.4 is 0 Å². The van der Waals surface area contributed by atoms with Crippen molar-refractivity contribution in [3.63, 3.8) is 0 Å². The lowest BCUT2D eigenvalue weighted by molar-refractivity contribution is -0.138. The summed E-state index contributed by atoms with van der Waals surface area (Å²) in [6.45, 7) is 2.29. The van der Waals surface area contributed by atoms with Crippen molar-refractivity contribution in [3.05, 3.63) is 0 Å². The molecule has 0 unspecified atom stereocenters. The van der Waals surface area contributed by atoms with Gasteiger partial charge in [-0.1, -0.05) is 39.0 Å². The molecule has 0 aromatic carbocycles. The van der Waals surface area contributed by atoms with Crippen LogP contribution in [-0.4, -0.2) is 11.1 Å². The number of carboxylic acids is 1. The highest BCUT2D eigenvalue weighted by Crippen LogP contribution is 2.42. The minimum absolute atomic E-state index is 0.399. The summed E-state index contributed by atoms with van der Waals surface area (Å²) in [5.74, 6) is 2.73. The van der Waals surface area contributed by atoms with Crippen molar-refractivity contribution in [1.82, 2.24) is 0 Å². The van der Waals surface area contributed by atoms with Gasteiger partial charge in [0.1, 0.15) is 0 Å². The molecule has 0 aliphatic heterocycles. The minimum Gasteiger partial charge on any atom is -0.481 e. The van der Waals surface area contributed by atoms with Gasteiger partial charge in [0.15, 0.2) is 0 Å². The van der Waals surface area contributed by atoms with Crippen LogP contribution in [0.3, 0.4) is 0 Å². The van der Waals surface area contributed by atoms with Crippen LogP contribution in [0, 0.1) is 23.7 Å². The molecule has 0 atom stereocenters. The van der Waals surface area contributed by atoms with Crippen LogP contribution in [0.5, 0.6) is 0 Å². The first kappa shape index (κ1) is 15.9. The Bertz CT molecular complexity index is 284. The van der Waals surface area contributed by atoms with Gasteiger partial charge >= 0.3 is 5.97 Å². The smallest absolute Gasteiger partial charge is 0.303 e. The van der Waals surface area contributed by atoms with Crippen LogP contribution in [0.1, 0.15) is 84.0 Å². The van der Waals surface area contributed by atoms with E-state index in [0.717, 1.165) is 30.6 Å². The van der Waals surface area contributed by atoms with Crippen molar-refractivity contribution in [3.8, 4) is 0 Å². The molecular formula is C18H32O2. The van der Waals surface area contributed by atoms with E-state index in [1.807, 2.05) is 0 Å². The van der Waals surface area contributed by atoms with Crippen molar-refractivity contribution in [2.45, 2.75) is 84.0 Å². The SMILES string of the molecule is CCCC[C@H]1CC[C@H](C2CCC(CC(=O)O)CC2)CC1. The van der Waals surface area contributed by atoms with Crippen LogP contribution in [0.15, 0.2) is 0 Å². The van der Waals surface area contributed by atoms with Crippen molar-refractivity contribution in [2.24, 2.45) is 23.7 Å². The second-order valence-electron chi connectivity index (χ2n) is 7.30. The van der Waals surface area contributed by atoms with Gasteiger partial charge in [0.05, 0.1) is 0 Å². The lowest BCUT2D eigenvalue weighted by Crippen LogP contribution is -2.26. The zero-order valence-electron chi connectivity index (χ0n) is 13.2. The first-order chi connectivity index (χ1) is 9.69. The zero-order chi connectivity index (χ0) is 14.4.